The Kier molecular flexibility index (Phi) is 9.43. The number of hydrogen-bond acceptors (Lipinski definition) is 8. The van der Waals surface area contributed by atoms with E-state index in [1.807, 2.05) is 24.3 Å². The van der Waals surface area contributed by atoms with Gasteiger partial charge in [-0.3, -0.25) is 14.2 Å². The van der Waals surface area contributed by atoms with Crippen LogP contribution in [-0.4, -0.2) is 29.7 Å². The molecule has 0 radical (unpaired) electrons. The molecule has 0 bridgehead atoms. The van der Waals surface area contributed by atoms with Crippen LogP contribution < -0.4 is 24.4 Å². The van der Waals surface area contributed by atoms with E-state index in [9.17, 15) is 14.4 Å². The average molecular weight is 770 g/mol. The summed E-state index contributed by atoms with van der Waals surface area (Å²) in [6, 6.07) is 10.2. The zero-order valence-corrected chi connectivity index (χ0v) is 26.5. The minimum absolute atomic E-state index is 0.186. The topological polar surface area (TPSA) is 96.2 Å². The summed E-state index contributed by atoms with van der Waals surface area (Å²) in [4.78, 5) is 43.8. The van der Waals surface area contributed by atoms with Crippen molar-refractivity contribution in [2.24, 2.45) is 4.99 Å². The van der Waals surface area contributed by atoms with E-state index < -0.39 is 18.0 Å². The molecule has 8 nitrogen and oxygen atoms in total. The van der Waals surface area contributed by atoms with Gasteiger partial charge in [-0.1, -0.05) is 36.1 Å². The van der Waals surface area contributed by atoms with Crippen LogP contribution in [0.3, 0.4) is 0 Å². The van der Waals surface area contributed by atoms with Crippen molar-refractivity contribution >= 4 is 74.5 Å². The Labute approximate surface area is 256 Å². The highest BCUT2D eigenvalue weighted by atomic mass is 127. The third kappa shape index (κ3) is 6.35. The molecule has 0 amide bonds. The lowest BCUT2D eigenvalue weighted by molar-refractivity contribution is -0.139. The van der Waals surface area contributed by atoms with E-state index in [1.165, 1.54) is 22.8 Å². The molecule has 0 unspecified atom stereocenters. The number of rotatable bonds is 8. The van der Waals surface area contributed by atoms with Crippen LogP contribution >= 0.6 is 56.5 Å². The van der Waals surface area contributed by atoms with Gasteiger partial charge in [0.2, 0.25) is 0 Å². The molecule has 0 aliphatic carbocycles. The second-order valence-corrected chi connectivity index (χ2v) is 11.8. The van der Waals surface area contributed by atoms with E-state index in [-0.39, 0.29) is 12.2 Å². The molecule has 0 N–H and O–H groups in total. The van der Waals surface area contributed by atoms with E-state index in [4.69, 9.17) is 14.2 Å². The van der Waals surface area contributed by atoms with E-state index in [0.29, 0.717) is 49.8 Å². The predicted octanol–water partition coefficient (Wildman–Crippen LogP) is 4.50. The van der Waals surface area contributed by atoms with Crippen LogP contribution in [0.1, 0.15) is 37.9 Å². The van der Waals surface area contributed by atoms with Gasteiger partial charge < -0.3 is 14.2 Å². The first-order valence-corrected chi connectivity index (χ1v) is 14.8. The Morgan fingerprint density at radius 3 is 2.56 bits per heavy atom. The second-order valence-electron chi connectivity index (χ2n) is 8.37. The molecule has 0 fully saturated rings. The van der Waals surface area contributed by atoms with Crippen molar-refractivity contribution in [2.45, 2.75) is 26.8 Å². The summed E-state index contributed by atoms with van der Waals surface area (Å²) in [6.07, 6.45) is 3.34. The predicted molar refractivity (Wildman–Crippen MR) is 166 cm³/mol. The summed E-state index contributed by atoms with van der Waals surface area (Å²) in [5, 5.41) is 0. The number of thiazole rings is 1. The van der Waals surface area contributed by atoms with Crippen molar-refractivity contribution in [1.29, 1.82) is 0 Å². The number of nitrogens with zero attached hydrogens (tertiary/aromatic N) is 2. The number of fused-ring (bicyclic) bond motifs is 1. The zero-order chi connectivity index (χ0) is 28.3. The molecule has 0 spiro atoms. The lowest BCUT2D eigenvalue weighted by atomic mass is 9.96. The van der Waals surface area contributed by atoms with Gasteiger partial charge in [0, 0.05) is 16.1 Å². The molecule has 3 aromatic rings. The molecule has 0 saturated heterocycles. The maximum Gasteiger partial charge on any atom is 0.338 e. The van der Waals surface area contributed by atoms with Gasteiger partial charge in [0.25, 0.3) is 5.56 Å². The normalized spacial score (nSPS) is 14.9. The molecular weight excluding hydrogens is 746 g/mol. The number of ether oxygens (including phenoxy) is 3. The van der Waals surface area contributed by atoms with E-state index >= 15 is 0 Å². The third-order valence-corrected chi connectivity index (χ3v) is 8.06. The molecule has 0 saturated carbocycles. The van der Waals surface area contributed by atoms with Crippen LogP contribution in [0.5, 0.6) is 11.5 Å². The quantitative estimate of drug-likeness (QED) is 0.145. The molecular formula is C28H24I2N2O6S. The van der Waals surface area contributed by atoms with Gasteiger partial charge in [-0.2, -0.15) is 0 Å². The molecule has 39 heavy (non-hydrogen) atoms. The summed E-state index contributed by atoms with van der Waals surface area (Å²) >= 11 is 5.48. The van der Waals surface area contributed by atoms with Crippen LogP contribution in [0.15, 0.2) is 70.1 Å². The van der Waals surface area contributed by atoms with Crippen molar-refractivity contribution < 1.29 is 23.8 Å². The average Bonchev–Trinajstić information content (AvgIpc) is 3.18. The van der Waals surface area contributed by atoms with Crippen LogP contribution in [0.2, 0.25) is 0 Å². The molecule has 1 aliphatic rings. The first-order valence-electron chi connectivity index (χ1n) is 11.8. The first kappa shape index (κ1) is 29.2. The van der Waals surface area contributed by atoms with Gasteiger partial charge >= 0.3 is 11.9 Å². The largest absolute Gasteiger partial charge is 0.490 e. The summed E-state index contributed by atoms with van der Waals surface area (Å²) in [6.45, 7) is 9.00. The number of allylic oxidation sites excluding steroid dienone is 1. The molecule has 1 aromatic heterocycles. The van der Waals surface area contributed by atoms with E-state index in [0.717, 1.165) is 7.14 Å². The smallest absolute Gasteiger partial charge is 0.338 e. The maximum absolute atomic E-state index is 13.9. The minimum Gasteiger partial charge on any atom is -0.490 e. The molecule has 202 valence electrons. The monoisotopic (exact) mass is 770 g/mol. The standard InChI is InChI=1S/C28H24I2N2O6S/c1-5-11-37-20-9-7-17(8-10-20)24-23(27(35)36-6-2)15(3)31-28-32(24)26(34)22(39-28)13-18-12-19(29)14-21(30)25(18)38-16(4)33/h5,7-10,12-14,24H,1,6,11H2,2-4H3/b22-13-/t24-/m0/s1. The molecule has 1 atom stereocenters. The number of aromatic nitrogens is 1. The maximum atomic E-state index is 13.9. The van der Waals surface area contributed by atoms with Crippen LogP contribution in [0.4, 0.5) is 0 Å². The minimum atomic E-state index is -0.750. The van der Waals surface area contributed by atoms with Crippen molar-refractivity contribution in [1.82, 2.24) is 4.57 Å². The van der Waals surface area contributed by atoms with Crippen molar-refractivity contribution in [3.05, 3.63) is 98.3 Å². The van der Waals surface area contributed by atoms with Crippen LogP contribution in [0, 0.1) is 7.14 Å². The fourth-order valence-electron chi connectivity index (χ4n) is 4.09. The molecule has 2 heterocycles. The Balaban J connectivity index is 1.93. The number of carbonyl (C=O) groups is 2. The number of halogens is 2. The van der Waals surface area contributed by atoms with Gasteiger partial charge in [0.1, 0.15) is 12.4 Å². The van der Waals surface area contributed by atoms with Gasteiger partial charge in [0.15, 0.2) is 10.6 Å². The van der Waals surface area contributed by atoms with E-state index in [1.54, 1.807) is 38.1 Å². The first-order chi connectivity index (χ1) is 18.6. The highest BCUT2D eigenvalue weighted by Gasteiger charge is 2.33. The van der Waals surface area contributed by atoms with Gasteiger partial charge in [0.05, 0.1) is 32.0 Å². The Hall–Kier alpha value is -2.78. The SMILES string of the molecule is C=CCOc1ccc([C@H]2C(C(=O)OCC)=C(C)N=c3s/c(=C\c4cc(I)cc(I)c4OC(C)=O)c(=O)n32)cc1. The van der Waals surface area contributed by atoms with Crippen LogP contribution in [0.25, 0.3) is 6.08 Å². The summed E-state index contributed by atoms with van der Waals surface area (Å²) in [5.74, 6) is 0.0231. The van der Waals surface area contributed by atoms with Gasteiger partial charge in [-0.25, -0.2) is 9.79 Å². The molecule has 4 rings (SSSR count). The fraction of sp³-hybridized carbons (Fsp3) is 0.214. The molecule has 2 aromatic carbocycles. The van der Waals surface area contributed by atoms with Gasteiger partial charge in [-0.05, 0) is 94.9 Å². The van der Waals surface area contributed by atoms with Gasteiger partial charge in [-0.15, -0.1) is 0 Å². The molecule has 11 heteroatoms. The summed E-state index contributed by atoms with van der Waals surface area (Å²) < 4.78 is 20.0. The fourth-order valence-corrected chi connectivity index (χ4v) is 7.13. The molecule has 1 aliphatic heterocycles. The van der Waals surface area contributed by atoms with E-state index in [2.05, 4.69) is 56.8 Å². The lowest BCUT2D eigenvalue weighted by Gasteiger charge is -2.24. The Morgan fingerprint density at radius 1 is 1.21 bits per heavy atom. The Bertz CT molecular complexity index is 1670. The number of benzene rings is 2. The van der Waals surface area contributed by atoms with Crippen molar-refractivity contribution in [2.75, 3.05) is 13.2 Å². The highest BCUT2D eigenvalue weighted by Crippen LogP contribution is 2.32. The third-order valence-electron chi connectivity index (χ3n) is 5.65. The second kappa shape index (κ2) is 12.6. The van der Waals surface area contributed by atoms with Crippen molar-refractivity contribution in [3.8, 4) is 11.5 Å². The zero-order valence-electron chi connectivity index (χ0n) is 21.3. The van der Waals surface area contributed by atoms with Crippen LogP contribution in [-0.2, 0) is 14.3 Å². The Morgan fingerprint density at radius 2 is 1.92 bits per heavy atom. The lowest BCUT2D eigenvalue weighted by Crippen LogP contribution is -2.39. The number of carbonyl (C=O) groups excluding carboxylic acids is 2. The highest BCUT2D eigenvalue weighted by molar-refractivity contribution is 14.1. The number of hydrogen-bond donors (Lipinski definition) is 0. The number of esters is 2. The summed E-state index contributed by atoms with van der Waals surface area (Å²) in [5.41, 5.74) is 1.74. The summed E-state index contributed by atoms with van der Waals surface area (Å²) in [7, 11) is 0. The van der Waals surface area contributed by atoms with Crippen molar-refractivity contribution in [3.63, 3.8) is 0 Å².